The third-order valence-corrected chi connectivity index (χ3v) is 4.26. The van der Waals surface area contributed by atoms with E-state index in [2.05, 4.69) is 5.32 Å². The van der Waals surface area contributed by atoms with E-state index in [-0.39, 0.29) is 17.1 Å². The first-order valence-corrected chi connectivity index (χ1v) is 7.29. The fourth-order valence-corrected chi connectivity index (χ4v) is 2.88. The van der Waals surface area contributed by atoms with E-state index >= 15 is 0 Å². The number of carboxylic acid groups (broad SMARTS) is 1. The Morgan fingerprint density at radius 1 is 1.29 bits per heavy atom. The van der Waals surface area contributed by atoms with Crippen LogP contribution in [0.4, 0.5) is 4.39 Å². The van der Waals surface area contributed by atoms with Crippen LogP contribution in [0.25, 0.3) is 0 Å². The van der Waals surface area contributed by atoms with E-state index in [4.69, 9.17) is 11.6 Å². The normalized spacial score (nSPS) is 17.2. The molecule has 2 N–H and O–H groups in total. The Bertz CT molecular complexity index is 556. The Hall–Kier alpha value is -1.62. The molecule has 1 amide bonds. The van der Waals surface area contributed by atoms with Crippen molar-refractivity contribution in [3.05, 3.63) is 34.6 Å². The van der Waals surface area contributed by atoms with Gasteiger partial charge in [0.25, 0.3) is 5.91 Å². The third-order valence-electron chi connectivity index (χ3n) is 4.02. The average molecular weight is 314 g/mol. The molecule has 6 heteroatoms. The van der Waals surface area contributed by atoms with E-state index in [0.717, 1.165) is 25.3 Å². The van der Waals surface area contributed by atoms with Crippen molar-refractivity contribution in [1.82, 2.24) is 5.32 Å². The van der Waals surface area contributed by atoms with Gasteiger partial charge in [-0.2, -0.15) is 0 Å². The molecule has 0 spiro atoms. The Morgan fingerprint density at radius 3 is 2.57 bits per heavy atom. The van der Waals surface area contributed by atoms with Crippen LogP contribution in [0.1, 0.15) is 42.5 Å². The van der Waals surface area contributed by atoms with E-state index in [1.54, 1.807) is 0 Å². The highest BCUT2D eigenvalue weighted by molar-refractivity contribution is 6.31. The molecule has 4 nitrogen and oxygen atoms in total. The van der Waals surface area contributed by atoms with E-state index in [1.165, 1.54) is 12.1 Å². The molecule has 0 unspecified atom stereocenters. The Labute approximate surface area is 127 Å². The first kappa shape index (κ1) is 15.8. The molecular weight excluding hydrogens is 297 g/mol. The van der Waals surface area contributed by atoms with Crippen LogP contribution in [0.15, 0.2) is 18.2 Å². The molecule has 2 rings (SSSR count). The van der Waals surface area contributed by atoms with Gasteiger partial charge in [0.05, 0.1) is 11.0 Å². The summed E-state index contributed by atoms with van der Waals surface area (Å²) in [5.74, 6) is -2.22. The van der Waals surface area contributed by atoms with Gasteiger partial charge in [0.2, 0.25) is 0 Å². The van der Waals surface area contributed by atoms with Crippen LogP contribution in [-0.2, 0) is 4.79 Å². The summed E-state index contributed by atoms with van der Waals surface area (Å²) in [5, 5.41) is 12.2. The van der Waals surface area contributed by atoms with Crippen LogP contribution < -0.4 is 5.32 Å². The van der Waals surface area contributed by atoms with Crippen molar-refractivity contribution in [1.29, 1.82) is 0 Å². The predicted octanol–water partition coefficient (Wildman–Crippen LogP) is 3.24. The van der Waals surface area contributed by atoms with Crippen molar-refractivity contribution in [2.45, 2.75) is 32.1 Å². The molecule has 0 radical (unpaired) electrons. The van der Waals surface area contributed by atoms with Gasteiger partial charge in [0.1, 0.15) is 5.82 Å². The summed E-state index contributed by atoms with van der Waals surface area (Å²) in [5.41, 5.74) is -1.11. The number of hydrogen-bond acceptors (Lipinski definition) is 2. The van der Waals surface area contributed by atoms with Gasteiger partial charge in [-0.3, -0.25) is 9.59 Å². The Morgan fingerprint density at radius 2 is 1.95 bits per heavy atom. The highest BCUT2D eigenvalue weighted by atomic mass is 35.5. The van der Waals surface area contributed by atoms with Gasteiger partial charge < -0.3 is 10.4 Å². The van der Waals surface area contributed by atoms with Gasteiger partial charge in [0, 0.05) is 11.6 Å². The highest BCUT2D eigenvalue weighted by Gasteiger charge is 2.39. The Balaban J connectivity index is 2.08. The topological polar surface area (TPSA) is 66.4 Å². The predicted molar refractivity (Wildman–Crippen MR) is 76.9 cm³/mol. The largest absolute Gasteiger partial charge is 0.481 e. The van der Waals surface area contributed by atoms with Crippen molar-refractivity contribution in [3.8, 4) is 0 Å². The van der Waals surface area contributed by atoms with Gasteiger partial charge in [-0.25, -0.2) is 4.39 Å². The molecule has 1 aliphatic rings. The molecule has 0 aromatic heterocycles. The van der Waals surface area contributed by atoms with Crippen LogP contribution >= 0.6 is 11.6 Å². The summed E-state index contributed by atoms with van der Waals surface area (Å²) in [7, 11) is 0. The van der Waals surface area contributed by atoms with E-state index < -0.39 is 23.1 Å². The number of carbonyl (C=O) groups is 2. The summed E-state index contributed by atoms with van der Waals surface area (Å²) in [4.78, 5) is 23.5. The number of rotatable bonds is 4. The van der Waals surface area contributed by atoms with E-state index in [9.17, 15) is 19.1 Å². The standard InChI is InChI=1S/C15H17ClFNO3/c16-10-4-5-12(17)11(8-10)13(19)18-9-15(14(20)21)6-2-1-3-7-15/h4-5,8H,1-3,6-7,9H2,(H,18,19)(H,20,21). The van der Waals surface area contributed by atoms with Crippen molar-refractivity contribution in [2.24, 2.45) is 5.41 Å². The molecule has 21 heavy (non-hydrogen) atoms. The quantitative estimate of drug-likeness (QED) is 0.896. The third kappa shape index (κ3) is 3.53. The first-order valence-electron chi connectivity index (χ1n) is 6.91. The molecule has 114 valence electrons. The molecule has 1 saturated carbocycles. The second-order valence-electron chi connectivity index (χ2n) is 5.45. The van der Waals surface area contributed by atoms with Gasteiger partial charge in [-0.1, -0.05) is 30.9 Å². The fraction of sp³-hybridized carbons (Fsp3) is 0.467. The maximum atomic E-state index is 13.6. The van der Waals surface area contributed by atoms with Crippen LogP contribution in [-0.4, -0.2) is 23.5 Å². The average Bonchev–Trinajstić information content (AvgIpc) is 2.48. The summed E-state index contributed by atoms with van der Waals surface area (Å²) in [6.45, 7) is 0.00706. The number of hydrogen-bond donors (Lipinski definition) is 2. The minimum atomic E-state index is -0.942. The zero-order valence-electron chi connectivity index (χ0n) is 11.5. The van der Waals surface area contributed by atoms with Crippen LogP contribution in [0, 0.1) is 11.2 Å². The molecule has 0 bridgehead atoms. The second kappa shape index (κ2) is 6.43. The zero-order valence-corrected chi connectivity index (χ0v) is 12.3. The lowest BCUT2D eigenvalue weighted by Crippen LogP contribution is -2.44. The molecule has 0 aliphatic heterocycles. The number of carboxylic acids is 1. The van der Waals surface area contributed by atoms with Crippen LogP contribution in [0.3, 0.4) is 0 Å². The molecule has 1 aromatic carbocycles. The number of amides is 1. The molecule has 0 atom stereocenters. The van der Waals surface area contributed by atoms with Gasteiger partial charge in [0.15, 0.2) is 0 Å². The fourth-order valence-electron chi connectivity index (χ4n) is 2.71. The lowest BCUT2D eigenvalue weighted by atomic mass is 9.74. The monoisotopic (exact) mass is 313 g/mol. The maximum Gasteiger partial charge on any atom is 0.311 e. The summed E-state index contributed by atoms with van der Waals surface area (Å²) < 4.78 is 13.6. The number of halogens is 2. The molecule has 1 fully saturated rings. The van der Waals surface area contributed by atoms with E-state index in [0.29, 0.717) is 12.8 Å². The van der Waals surface area contributed by atoms with Crippen molar-refractivity contribution >= 4 is 23.5 Å². The van der Waals surface area contributed by atoms with Crippen molar-refractivity contribution < 1.29 is 19.1 Å². The molecule has 1 aliphatic carbocycles. The minimum absolute atomic E-state index is 0.00706. The van der Waals surface area contributed by atoms with Gasteiger partial charge >= 0.3 is 5.97 Å². The lowest BCUT2D eigenvalue weighted by molar-refractivity contribution is -0.150. The van der Waals surface area contributed by atoms with Gasteiger partial charge in [-0.15, -0.1) is 0 Å². The lowest BCUT2D eigenvalue weighted by Gasteiger charge is -2.33. The van der Waals surface area contributed by atoms with Crippen LogP contribution in [0.5, 0.6) is 0 Å². The summed E-state index contributed by atoms with van der Waals surface area (Å²) >= 11 is 5.75. The summed E-state index contributed by atoms with van der Waals surface area (Å²) in [6.07, 6.45) is 3.72. The molecule has 0 heterocycles. The second-order valence-corrected chi connectivity index (χ2v) is 5.89. The number of aliphatic carboxylic acids is 1. The van der Waals surface area contributed by atoms with Crippen molar-refractivity contribution in [3.63, 3.8) is 0 Å². The molecule has 1 aromatic rings. The Kier molecular flexibility index (Phi) is 4.83. The highest BCUT2D eigenvalue weighted by Crippen LogP contribution is 2.36. The molecule has 0 saturated heterocycles. The van der Waals surface area contributed by atoms with Crippen LogP contribution in [0.2, 0.25) is 5.02 Å². The first-order chi connectivity index (χ1) is 9.94. The summed E-state index contributed by atoms with van der Waals surface area (Å²) in [6, 6.07) is 3.71. The van der Waals surface area contributed by atoms with Crippen molar-refractivity contribution in [2.75, 3.05) is 6.54 Å². The number of benzene rings is 1. The zero-order chi connectivity index (χ0) is 15.5. The minimum Gasteiger partial charge on any atom is -0.481 e. The SMILES string of the molecule is O=C(NCC1(C(=O)O)CCCCC1)c1cc(Cl)ccc1F. The number of carbonyl (C=O) groups excluding carboxylic acids is 1. The van der Waals surface area contributed by atoms with Gasteiger partial charge in [-0.05, 0) is 31.0 Å². The van der Waals surface area contributed by atoms with E-state index in [1.807, 2.05) is 0 Å². The number of nitrogens with one attached hydrogen (secondary N) is 1. The smallest absolute Gasteiger partial charge is 0.311 e. The molecular formula is C15H17ClFNO3. The maximum absolute atomic E-state index is 13.6.